The first-order valence-electron chi connectivity index (χ1n) is 5.01. The monoisotopic (exact) mass is 240 g/mol. The van der Waals surface area contributed by atoms with Crippen molar-refractivity contribution in [1.29, 1.82) is 0 Å². The number of benzene rings is 1. The fraction of sp³-hybridized carbons (Fsp3) is 0.333. The molecule has 0 saturated heterocycles. The molecule has 0 saturated carbocycles. The van der Waals surface area contributed by atoms with E-state index >= 15 is 0 Å². The van der Waals surface area contributed by atoms with Crippen LogP contribution >= 0.6 is 0 Å². The minimum atomic E-state index is -3.28. The van der Waals surface area contributed by atoms with E-state index in [0.29, 0.717) is 10.5 Å². The highest BCUT2D eigenvalue weighted by Gasteiger charge is 2.14. The maximum atomic E-state index is 11.9. The highest BCUT2D eigenvalue weighted by Crippen LogP contribution is 2.14. The SMILES string of the molecule is CC(=CCO)CS(=O)(=O)c1ccc(C)cc1. The Bertz CT molecular complexity index is 469. The van der Waals surface area contributed by atoms with Crippen molar-refractivity contribution in [2.75, 3.05) is 12.4 Å². The van der Waals surface area contributed by atoms with E-state index < -0.39 is 9.84 Å². The number of hydrogen-bond acceptors (Lipinski definition) is 3. The summed E-state index contributed by atoms with van der Waals surface area (Å²) in [6.07, 6.45) is 1.51. The third-order valence-electron chi connectivity index (χ3n) is 2.24. The van der Waals surface area contributed by atoms with E-state index in [1.54, 1.807) is 31.2 Å². The van der Waals surface area contributed by atoms with Crippen molar-refractivity contribution in [2.24, 2.45) is 0 Å². The van der Waals surface area contributed by atoms with Gasteiger partial charge in [-0.1, -0.05) is 29.3 Å². The van der Waals surface area contributed by atoms with Gasteiger partial charge in [-0.15, -0.1) is 0 Å². The van der Waals surface area contributed by atoms with Crippen LogP contribution in [0, 0.1) is 6.92 Å². The first-order chi connectivity index (χ1) is 7.45. The third-order valence-corrected chi connectivity index (χ3v) is 4.06. The fourth-order valence-corrected chi connectivity index (χ4v) is 2.78. The summed E-state index contributed by atoms with van der Waals surface area (Å²) in [6, 6.07) is 6.77. The lowest BCUT2D eigenvalue weighted by Gasteiger charge is -2.05. The van der Waals surface area contributed by atoms with Gasteiger partial charge in [0.1, 0.15) is 0 Å². The zero-order valence-corrected chi connectivity index (χ0v) is 10.3. The molecular weight excluding hydrogens is 224 g/mol. The number of aryl methyl sites for hydroxylation is 1. The van der Waals surface area contributed by atoms with E-state index in [2.05, 4.69) is 0 Å². The van der Waals surface area contributed by atoms with Crippen molar-refractivity contribution in [3.8, 4) is 0 Å². The van der Waals surface area contributed by atoms with Crippen LogP contribution in [0.25, 0.3) is 0 Å². The second-order valence-corrected chi connectivity index (χ2v) is 5.79. The lowest BCUT2D eigenvalue weighted by atomic mass is 10.2. The van der Waals surface area contributed by atoms with E-state index in [4.69, 9.17) is 5.11 Å². The number of aliphatic hydroxyl groups is 1. The molecule has 0 bridgehead atoms. The largest absolute Gasteiger partial charge is 0.392 e. The van der Waals surface area contributed by atoms with Crippen molar-refractivity contribution >= 4 is 9.84 Å². The Morgan fingerprint density at radius 1 is 1.31 bits per heavy atom. The Hall–Kier alpha value is -1.13. The van der Waals surface area contributed by atoms with Gasteiger partial charge in [-0.2, -0.15) is 0 Å². The molecule has 0 atom stereocenters. The lowest BCUT2D eigenvalue weighted by molar-refractivity contribution is 0.342. The Morgan fingerprint density at radius 2 is 1.88 bits per heavy atom. The molecule has 1 aromatic carbocycles. The maximum Gasteiger partial charge on any atom is 0.182 e. The molecule has 4 heteroatoms. The summed E-state index contributed by atoms with van der Waals surface area (Å²) in [7, 11) is -3.28. The van der Waals surface area contributed by atoms with Crippen molar-refractivity contribution in [2.45, 2.75) is 18.7 Å². The van der Waals surface area contributed by atoms with Gasteiger partial charge in [-0.25, -0.2) is 8.42 Å². The zero-order valence-electron chi connectivity index (χ0n) is 9.47. The second kappa shape index (κ2) is 5.27. The van der Waals surface area contributed by atoms with Gasteiger partial charge in [-0.05, 0) is 26.0 Å². The number of rotatable bonds is 4. The van der Waals surface area contributed by atoms with Gasteiger partial charge in [0.15, 0.2) is 9.84 Å². The average molecular weight is 240 g/mol. The first kappa shape index (κ1) is 12.9. The van der Waals surface area contributed by atoms with E-state index in [0.717, 1.165) is 5.56 Å². The number of aliphatic hydroxyl groups excluding tert-OH is 1. The Kier molecular flexibility index (Phi) is 4.26. The molecule has 3 nitrogen and oxygen atoms in total. The summed E-state index contributed by atoms with van der Waals surface area (Å²) in [6.45, 7) is 3.48. The smallest absolute Gasteiger partial charge is 0.182 e. The molecule has 0 aromatic heterocycles. The van der Waals surface area contributed by atoms with Crippen LogP contribution in [0.4, 0.5) is 0 Å². The number of sulfone groups is 1. The standard InChI is InChI=1S/C12H16O3S/c1-10-3-5-12(6-4-10)16(14,15)9-11(2)7-8-13/h3-7,13H,8-9H2,1-2H3. The summed E-state index contributed by atoms with van der Waals surface area (Å²) >= 11 is 0. The Morgan fingerprint density at radius 3 is 2.38 bits per heavy atom. The van der Waals surface area contributed by atoms with E-state index in [-0.39, 0.29) is 12.4 Å². The molecule has 0 aliphatic rings. The second-order valence-electron chi connectivity index (χ2n) is 3.81. The molecule has 0 radical (unpaired) electrons. The van der Waals surface area contributed by atoms with Gasteiger partial charge in [0.05, 0.1) is 17.3 Å². The molecule has 0 aliphatic carbocycles. The van der Waals surface area contributed by atoms with Crippen LogP contribution in [0.15, 0.2) is 40.8 Å². The van der Waals surface area contributed by atoms with Crippen molar-refractivity contribution in [3.63, 3.8) is 0 Å². The molecule has 0 spiro atoms. The normalized spacial score (nSPS) is 12.8. The highest BCUT2D eigenvalue weighted by atomic mass is 32.2. The summed E-state index contributed by atoms with van der Waals surface area (Å²) in [5.41, 5.74) is 1.68. The molecule has 88 valence electrons. The molecule has 1 aromatic rings. The molecule has 1 rings (SSSR count). The minimum Gasteiger partial charge on any atom is -0.392 e. The van der Waals surface area contributed by atoms with E-state index in [9.17, 15) is 8.42 Å². The zero-order chi connectivity index (χ0) is 12.2. The van der Waals surface area contributed by atoms with Crippen LogP contribution in [0.2, 0.25) is 0 Å². The van der Waals surface area contributed by atoms with E-state index in [1.807, 2.05) is 6.92 Å². The van der Waals surface area contributed by atoms with Gasteiger partial charge in [-0.3, -0.25) is 0 Å². The van der Waals surface area contributed by atoms with Crippen molar-refractivity contribution < 1.29 is 13.5 Å². The van der Waals surface area contributed by atoms with Crippen LogP contribution in [0.5, 0.6) is 0 Å². The predicted octanol–water partition coefficient (Wildman–Crippen LogP) is 1.71. The molecular formula is C12H16O3S. The maximum absolute atomic E-state index is 11.9. The first-order valence-corrected chi connectivity index (χ1v) is 6.67. The third kappa shape index (κ3) is 3.47. The van der Waals surface area contributed by atoms with Gasteiger partial charge < -0.3 is 5.11 Å². The molecule has 0 heterocycles. The van der Waals surface area contributed by atoms with Crippen molar-refractivity contribution in [3.05, 3.63) is 41.5 Å². The summed E-state index contributed by atoms with van der Waals surface area (Å²) in [5, 5.41) is 8.67. The van der Waals surface area contributed by atoms with Gasteiger partial charge >= 0.3 is 0 Å². The molecule has 16 heavy (non-hydrogen) atoms. The molecule has 1 N–H and O–H groups in total. The highest BCUT2D eigenvalue weighted by molar-refractivity contribution is 7.91. The van der Waals surface area contributed by atoms with Gasteiger partial charge in [0, 0.05) is 0 Å². The Balaban J connectivity index is 2.95. The van der Waals surface area contributed by atoms with Gasteiger partial charge in [0.25, 0.3) is 0 Å². The summed E-state index contributed by atoms with van der Waals surface area (Å²) < 4.78 is 23.8. The predicted molar refractivity (Wildman–Crippen MR) is 64.1 cm³/mol. The molecule has 0 amide bonds. The molecule has 0 unspecified atom stereocenters. The minimum absolute atomic E-state index is 0.0450. The van der Waals surface area contributed by atoms with E-state index in [1.165, 1.54) is 6.08 Å². The fourth-order valence-electron chi connectivity index (χ4n) is 1.34. The van der Waals surface area contributed by atoms with Crippen molar-refractivity contribution in [1.82, 2.24) is 0 Å². The Labute approximate surface area is 96.4 Å². The topological polar surface area (TPSA) is 54.4 Å². The van der Waals surface area contributed by atoms with Crippen LogP contribution in [-0.4, -0.2) is 25.9 Å². The van der Waals surface area contributed by atoms with Crippen LogP contribution < -0.4 is 0 Å². The summed E-state index contributed by atoms with van der Waals surface area (Å²) in [5.74, 6) is -0.0450. The molecule has 0 aliphatic heterocycles. The lowest BCUT2D eigenvalue weighted by Crippen LogP contribution is -2.08. The average Bonchev–Trinajstić information content (AvgIpc) is 2.17. The van der Waals surface area contributed by atoms with Gasteiger partial charge in [0.2, 0.25) is 0 Å². The molecule has 0 fully saturated rings. The number of hydrogen-bond donors (Lipinski definition) is 1. The van der Waals surface area contributed by atoms with Crippen LogP contribution in [0.3, 0.4) is 0 Å². The quantitative estimate of drug-likeness (QED) is 0.815. The summed E-state index contributed by atoms with van der Waals surface area (Å²) in [4.78, 5) is 0.323. The van der Waals surface area contributed by atoms with Crippen LogP contribution in [0.1, 0.15) is 12.5 Å². The van der Waals surface area contributed by atoms with Crippen LogP contribution in [-0.2, 0) is 9.84 Å².